The van der Waals surface area contributed by atoms with E-state index in [1.165, 1.54) is 13.2 Å². The lowest BCUT2D eigenvalue weighted by molar-refractivity contribution is -0.122. The van der Waals surface area contributed by atoms with Gasteiger partial charge in [0.15, 0.2) is 11.5 Å². The molecule has 2 aromatic rings. The summed E-state index contributed by atoms with van der Waals surface area (Å²) in [7, 11) is 1.52. The van der Waals surface area contributed by atoms with Crippen molar-refractivity contribution in [3.63, 3.8) is 0 Å². The Morgan fingerprint density at radius 1 is 1.03 bits per heavy atom. The van der Waals surface area contributed by atoms with Gasteiger partial charge in [-0.2, -0.15) is 0 Å². The molecular formula is C22H22N2O5. The molecule has 3 rings (SSSR count). The van der Waals surface area contributed by atoms with E-state index >= 15 is 0 Å². The second-order valence-electron chi connectivity index (χ2n) is 6.41. The minimum atomic E-state index is -0.777. The zero-order valence-corrected chi connectivity index (χ0v) is 16.3. The van der Waals surface area contributed by atoms with Crippen LogP contribution >= 0.6 is 0 Å². The van der Waals surface area contributed by atoms with Crippen LogP contribution in [0.25, 0.3) is 6.08 Å². The average Bonchev–Trinajstić information content (AvgIpc) is 2.72. The predicted molar refractivity (Wildman–Crippen MR) is 109 cm³/mol. The van der Waals surface area contributed by atoms with Crippen molar-refractivity contribution in [3.05, 3.63) is 59.7 Å². The molecule has 0 atom stereocenters. The smallest absolute Gasteiger partial charge is 0.335 e. The zero-order valence-electron chi connectivity index (χ0n) is 16.3. The van der Waals surface area contributed by atoms with Crippen molar-refractivity contribution in [1.29, 1.82) is 0 Å². The summed E-state index contributed by atoms with van der Waals surface area (Å²) >= 11 is 0. The fourth-order valence-electron chi connectivity index (χ4n) is 2.86. The Morgan fingerprint density at radius 3 is 2.48 bits per heavy atom. The van der Waals surface area contributed by atoms with E-state index in [0.29, 0.717) is 29.4 Å². The molecule has 1 heterocycles. The van der Waals surface area contributed by atoms with Crippen LogP contribution in [0.5, 0.6) is 11.5 Å². The molecule has 1 fully saturated rings. The lowest BCUT2D eigenvalue weighted by Crippen LogP contribution is -2.54. The first-order chi connectivity index (χ1) is 14.0. The van der Waals surface area contributed by atoms with Gasteiger partial charge in [0.2, 0.25) is 0 Å². The third kappa shape index (κ3) is 4.45. The lowest BCUT2D eigenvalue weighted by atomic mass is 10.1. The monoisotopic (exact) mass is 394 g/mol. The number of carbonyl (C=O) groups is 3. The second-order valence-corrected chi connectivity index (χ2v) is 6.41. The molecule has 4 amide bonds. The maximum absolute atomic E-state index is 12.9. The number of para-hydroxylation sites is 1. The SMILES string of the molecule is CCCCOc1ccc(/C=C2/C(=O)NC(=O)N(c3ccccc3)C2=O)cc1OC. The predicted octanol–water partition coefficient (Wildman–Crippen LogP) is 3.54. The summed E-state index contributed by atoms with van der Waals surface area (Å²) < 4.78 is 11.1. The van der Waals surface area contributed by atoms with Crippen LogP contribution in [-0.2, 0) is 9.59 Å². The first kappa shape index (κ1) is 20.1. The molecule has 150 valence electrons. The number of amides is 4. The summed E-state index contributed by atoms with van der Waals surface area (Å²) in [6.07, 6.45) is 3.37. The quantitative estimate of drug-likeness (QED) is 0.441. The van der Waals surface area contributed by atoms with Crippen molar-refractivity contribution in [3.8, 4) is 11.5 Å². The Hall–Kier alpha value is -3.61. The fraction of sp³-hybridized carbons (Fsp3) is 0.227. The molecule has 29 heavy (non-hydrogen) atoms. The number of imide groups is 2. The molecule has 1 saturated heterocycles. The Morgan fingerprint density at radius 2 is 1.79 bits per heavy atom. The molecule has 0 unspecified atom stereocenters. The third-order valence-corrected chi connectivity index (χ3v) is 4.37. The largest absolute Gasteiger partial charge is 0.493 e. The van der Waals surface area contributed by atoms with Crippen LogP contribution < -0.4 is 19.7 Å². The van der Waals surface area contributed by atoms with E-state index < -0.39 is 17.8 Å². The van der Waals surface area contributed by atoms with Crippen LogP contribution in [0.4, 0.5) is 10.5 Å². The summed E-state index contributed by atoms with van der Waals surface area (Å²) in [6, 6.07) is 12.8. The highest BCUT2D eigenvalue weighted by atomic mass is 16.5. The van der Waals surface area contributed by atoms with Gasteiger partial charge in [-0.25, -0.2) is 9.69 Å². The van der Waals surface area contributed by atoms with Crippen molar-refractivity contribution >= 4 is 29.6 Å². The van der Waals surface area contributed by atoms with Crippen molar-refractivity contribution < 1.29 is 23.9 Å². The topological polar surface area (TPSA) is 84.9 Å². The lowest BCUT2D eigenvalue weighted by Gasteiger charge is -2.26. The highest BCUT2D eigenvalue weighted by Gasteiger charge is 2.36. The van der Waals surface area contributed by atoms with Crippen LogP contribution in [0.15, 0.2) is 54.1 Å². The molecule has 7 nitrogen and oxygen atoms in total. The number of hydrogen-bond acceptors (Lipinski definition) is 5. The van der Waals surface area contributed by atoms with E-state index in [1.807, 2.05) is 0 Å². The third-order valence-electron chi connectivity index (χ3n) is 4.37. The fourth-order valence-corrected chi connectivity index (χ4v) is 2.86. The number of unbranched alkanes of at least 4 members (excludes halogenated alkanes) is 1. The molecule has 2 aromatic carbocycles. The molecule has 0 bridgehead atoms. The molecule has 1 aliphatic rings. The first-order valence-corrected chi connectivity index (χ1v) is 9.32. The zero-order chi connectivity index (χ0) is 20.8. The van der Waals surface area contributed by atoms with Gasteiger partial charge in [-0.05, 0) is 42.3 Å². The van der Waals surface area contributed by atoms with Gasteiger partial charge >= 0.3 is 6.03 Å². The summed E-state index contributed by atoms with van der Waals surface area (Å²) in [6.45, 7) is 2.65. The number of hydrogen-bond donors (Lipinski definition) is 1. The van der Waals surface area contributed by atoms with Crippen LogP contribution in [0, 0.1) is 0 Å². The maximum atomic E-state index is 12.9. The van der Waals surface area contributed by atoms with Crippen molar-refractivity contribution in [2.75, 3.05) is 18.6 Å². The van der Waals surface area contributed by atoms with Crippen molar-refractivity contribution in [1.82, 2.24) is 5.32 Å². The standard InChI is InChI=1S/C22H22N2O5/c1-3-4-12-29-18-11-10-15(14-19(18)28-2)13-17-20(25)23-22(27)24(21(17)26)16-8-6-5-7-9-16/h5-11,13-14H,3-4,12H2,1-2H3,(H,23,25,27)/b17-13-. The van der Waals surface area contributed by atoms with Gasteiger partial charge in [0, 0.05) is 0 Å². The highest BCUT2D eigenvalue weighted by Crippen LogP contribution is 2.30. The molecule has 0 radical (unpaired) electrons. The number of methoxy groups -OCH3 is 1. The number of anilines is 1. The van der Waals surface area contributed by atoms with Crippen molar-refractivity contribution in [2.24, 2.45) is 0 Å². The summed E-state index contributed by atoms with van der Waals surface area (Å²) in [5.41, 5.74) is 0.811. The molecule has 1 N–H and O–H groups in total. The molecule has 0 spiro atoms. The van der Waals surface area contributed by atoms with Crippen LogP contribution in [-0.4, -0.2) is 31.6 Å². The Labute approximate surface area is 168 Å². The van der Waals surface area contributed by atoms with E-state index in [1.54, 1.807) is 48.5 Å². The van der Waals surface area contributed by atoms with E-state index in [9.17, 15) is 14.4 Å². The van der Waals surface area contributed by atoms with E-state index in [-0.39, 0.29) is 5.57 Å². The van der Waals surface area contributed by atoms with Crippen LogP contribution in [0.1, 0.15) is 25.3 Å². The number of nitrogens with one attached hydrogen (secondary N) is 1. The minimum absolute atomic E-state index is 0.143. The molecule has 7 heteroatoms. The van der Waals surface area contributed by atoms with Gasteiger partial charge in [-0.3, -0.25) is 14.9 Å². The minimum Gasteiger partial charge on any atom is -0.493 e. The molecule has 1 aliphatic heterocycles. The Kier molecular flexibility index (Phi) is 6.29. The summed E-state index contributed by atoms with van der Waals surface area (Å²) in [5.74, 6) is -0.347. The van der Waals surface area contributed by atoms with Crippen LogP contribution in [0.2, 0.25) is 0 Å². The van der Waals surface area contributed by atoms with Gasteiger partial charge < -0.3 is 9.47 Å². The van der Waals surface area contributed by atoms with E-state index in [4.69, 9.17) is 9.47 Å². The molecule has 0 aliphatic carbocycles. The number of barbiturate groups is 1. The van der Waals surface area contributed by atoms with Gasteiger partial charge in [0.1, 0.15) is 5.57 Å². The number of nitrogens with zero attached hydrogens (tertiary/aromatic N) is 1. The molecular weight excluding hydrogens is 372 g/mol. The number of ether oxygens (including phenoxy) is 2. The Balaban J connectivity index is 1.91. The highest BCUT2D eigenvalue weighted by molar-refractivity contribution is 6.39. The first-order valence-electron chi connectivity index (χ1n) is 9.32. The second kappa shape index (κ2) is 9.05. The molecule has 0 aromatic heterocycles. The van der Waals surface area contributed by atoms with Gasteiger partial charge in [0.25, 0.3) is 11.8 Å². The number of carbonyl (C=O) groups excluding carboxylic acids is 3. The summed E-state index contributed by atoms with van der Waals surface area (Å²) in [4.78, 5) is 38.3. The molecule has 0 saturated carbocycles. The summed E-state index contributed by atoms with van der Waals surface area (Å²) in [5, 5.41) is 2.21. The van der Waals surface area contributed by atoms with Gasteiger partial charge in [0.05, 0.1) is 19.4 Å². The van der Waals surface area contributed by atoms with Crippen molar-refractivity contribution in [2.45, 2.75) is 19.8 Å². The average molecular weight is 394 g/mol. The number of rotatable bonds is 7. The van der Waals surface area contributed by atoms with E-state index in [0.717, 1.165) is 17.7 Å². The van der Waals surface area contributed by atoms with Gasteiger partial charge in [-0.15, -0.1) is 0 Å². The van der Waals surface area contributed by atoms with Crippen LogP contribution in [0.3, 0.4) is 0 Å². The number of urea groups is 1. The van der Waals surface area contributed by atoms with E-state index in [2.05, 4.69) is 12.2 Å². The normalized spacial score (nSPS) is 15.4. The Bertz CT molecular complexity index is 953. The maximum Gasteiger partial charge on any atom is 0.335 e. The number of benzene rings is 2. The van der Waals surface area contributed by atoms with Gasteiger partial charge in [-0.1, -0.05) is 37.6 Å².